The molecular formula is C20H19N3. The zero-order chi connectivity index (χ0) is 15.8. The van der Waals surface area contributed by atoms with Gasteiger partial charge in [-0.2, -0.15) is 5.26 Å². The molecule has 0 saturated carbocycles. The van der Waals surface area contributed by atoms with E-state index in [1.54, 1.807) is 0 Å². The Kier molecular flexibility index (Phi) is 3.40. The van der Waals surface area contributed by atoms with Crippen LogP contribution in [0.15, 0.2) is 54.9 Å². The maximum atomic E-state index is 9.56. The lowest BCUT2D eigenvalue weighted by Crippen LogP contribution is -2.22. The van der Waals surface area contributed by atoms with E-state index in [1.165, 1.54) is 11.1 Å². The lowest BCUT2D eigenvalue weighted by Gasteiger charge is -2.25. The number of fused-ring (bicyclic) bond motifs is 2. The molecule has 1 aliphatic rings. The SMILES string of the molecule is CN(Cc1cn2ccccc2c1C#N)[C@@H]1CCc2ccccc21. The molecule has 2 heterocycles. The van der Waals surface area contributed by atoms with Gasteiger partial charge >= 0.3 is 0 Å². The Balaban J connectivity index is 1.65. The molecule has 3 aromatic rings. The molecule has 0 spiro atoms. The van der Waals surface area contributed by atoms with Crippen molar-refractivity contribution in [1.29, 1.82) is 5.26 Å². The Morgan fingerprint density at radius 3 is 2.91 bits per heavy atom. The molecule has 0 bridgehead atoms. The van der Waals surface area contributed by atoms with Crippen LogP contribution in [0.3, 0.4) is 0 Å². The molecule has 4 rings (SSSR count). The molecule has 3 nitrogen and oxygen atoms in total. The number of hydrogen-bond donors (Lipinski definition) is 0. The molecule has 0 radical (unpaired) electrons. The van der Waals surface area contributed by atoms with E-state index < -0.39 is 0 Å². The minimum absolute atomic E-state index is 0.445. The van der Waals surface area contributed by atoms with Crippen molar-refractivity contribution in [2.75, 3.05) is 7.05 Å². The standard InChI is InChI=1S/C20H19N3/c1-22(19-10-9-15-6-2-3-7-17(15)19)13-16-14-23-11-5-4-8-20(23)18(16)12-21/h2-8,11,14,19H,9-10,13H2,1H3/t19-/m1/s1. The average molecular weight is 301 g/mol. The normalized spacial score (nSPS) is 16.7. The van der Waals surface area contributed by atoms with Gasteiger partial charge in [-0.15, -0.1) is 0 Å². The summed E-state index contributed by atoms with van der Waals surface area (Å²) in [4.78, 5) is 2.38. The third kappa shape index (κ3) is 2.32. The van der Waals surface area contributed by atoms with E-state index in [9.17, 15) is 5.26 Å². The number of nitriles is 1. The molecule has 0 amide bonds. The van der Waals surface area contributed by atoms with Crippen LogP contribution in [0.1, 0.15) is 34.7 Å². The smallest absolute Gasteiger partial charge is 0.102 e. The van der Waals surface area contributed by atoms with Gasteiger partial charge in [-0.25, -0.2) is 0 Å². The molecular weight excluding hydrogens is 282 g/mol. The van der Waals surface area contributed by atoms with E-state index in [4.69, 9.17) is 0 Å². The predicted octanol–water partition coefficient (Wildman–Crippen LogP) is 3.93. The largest absolute Gasteiger partial charge is 0.322 e. The van der Waals surface area contributed by atoms with E-state index in [2.05, 4.69) is 48.5 Å². The first kappa shape index (κ1) is 14.0. The van der Waals surface area contributed by atoms with E-state index in [0.717, 1.165) is 36.0 Å². The lowest BCUT2D eigenvalue weighted by molar-refractivity contribution is 0.236. The number of benzene rings is 1. The first-order chi connectivity index (χ1) is 11.3. The van der Waals surface area contributed by atoms with Crippen molar-refractivity contribution in [2.24, 2.45) is 0 Å². The number of hydrogen-bond acceptors (Lipinski definition) is 2. The van der Waals surface area contributed by atoms with Gasteiger partial charge in [-0.3, -0.25) is 4.90 Å². The van der Waals surface area contributed by atoms with Gasteiger partial charge in [0.1, 0.15) is 6.07 Å². The number of aromatic nitrogens is 1. The van der Waals surface area contributed by atoms with Crippen LogP contribution >= 0.6 is 0 Å². The van der Waals surface area contributed by atoms with Crippen LogP contribution in [0.2, 0.25) is 0 Å². The highest BCUT2D eigenvalue weighted by Gasteiger charge is 2.26. The summed E-state index contributed by atoms with van der Waals surface area (Å²) in [5.74, 6) is 0. The molecule has 0 aliphatic heterocycles. The molecule has 23 heavy (non-hydrogen) atoms. The number of aryl methyl sites for hydroxylation is 1. The second-order valence-electron chi connectivity index (χ2n) is 6.30. The van der Waals surface area contributed by atoms with Crippen molar-refractivity contribution in [3.05, 3.63) is 77.1 Å². The van der Waals surface area contributed by atoms with Gasteiger partial charge in [0.2, 0.25) is 0 Å². The fourth-order valence-corrected chi connectivity index (χ4v) is 3.80. The Morgan fingerprint density at radius 1 is 1.22 bits per heavy atom. The summed E-state index contributed by atoms with van der Waals surface area (Å²) >= 11 is 0. The van der Waals surface area contributed by atoms with Crippen LogP contribution in [0.4, 0.5) is 0 Å². The van der Waals surface area contributed by atoms with Gasteiger partial charge in [-0.1, -0.05) is 30.3 Å². The van der Waals surface area contributed by atoms with Gasteiger partial charge in [-0.05, 0) is 43.1 Å². The van der Waals surface area contributed by atoms with E-state index >= 15 is 0 Å². The Labute approximate surface area is 136 Å². The highest BCUT2D eigenvalue weighted by Crippen LogP contribution is 2.35. The Morgan fingerprint density at radius 2 is 2.04 bits per heavy atom. The number of rotatable bonds is 3. The predicted molar refractivity (Wildman–Crippen MR) is 91.1 cm³/mol. The highest BCUT2D eigenvalue weighted by molar-refractivity contribution is 5.65. The summed E-state index contributed by atoms with van der Waals surface area (Å²) in [5.41, 5.74) is 5.80. The van der Waals surface area contributed by atoms with Crippen molar-refractivity contribution < 1.29 is 0 Å². The second kappa shape index (κ2) is 5.57. The number of nitrogens with zero attached hydrogens (tertiary/aromatic N) is 3. The third-order valence-corrected chi connectivity index (χ3v) is 4.93. The minimum Gasteiger partial charge on any atom is -0.322 e. The third-order valence-electron chi connectivity index (χ3n) is 4.93. The molecule has 1 aromatic carbocycles. The van der Waals surface area contributed by atoms with Crippen molar-refractivity contribution in [3.63, 3.8) is 0 Å². The Hall–Kier alpha value is -2.57. The van der Waals surface area contributed by atoms with Crippen LogP contribution < -0.4 is 0 Å². The first-order valence-electron chi connectivity index (χ1n) is 8.04. The molecule has 0 unspecified atom stereocenters. The molecule has 0 N–H and O–H groups in total. The highest BCUT2D eigenvalue weighted by atomic mass is 15.1. The average Bonchev–Trinajstić information content (AvgIpc) is 3.15. The topological polar surface area (TPSA) is 31.4 Å². The van der Waals surface area contributed by atoms with Crippen molar-refractivity contribution in [1.82, 2.24) is 9.30 Å². The van der Waals surface area contributed by atoms with Crippen molar-refractivity contribution in [2.45, 2.75) is 25.4 Å². The summed E-state index contributed by atoms with van der Waals surface area (Å²) in [6, 6.07) is 17.5. The maximum Gasteiger partial charge on any atom is 0.102 e. The van der Waals surface area contributed by atoms with Crippen LogP contribution in [0, 0.1) is 11.3 Å². The monoisotopic (exact) mass is 301 g/mol. The fourth-order valence-electron chi connectivity index (χ4n) is 3.80. The van der Waals surface area contributed by atoms with Crippen LogP contribution in [-0.2, 0) is 13.0 Å². The quantitative estimate of drug-likeness (QED) is 0.734. The van der Waals surface area contributed by atoms with Crippen LogP contribution in [0.25, 0.3) is 5.52 Å². The minimum atomic E-state index is 0.445. The molecule has 114 valence electrons. The van der Waals surface area contributed by atoms with Gasteiger partial charge in [0.05, 0.1) is 11.1 Å². The molecule has 3 heteroatoms. The fraction of sp³-hybridized carbons (Fsp3) is 0.250. The molecule has 1 aliphatic carbocycles. The summed E-state index contributed by atoms with van der Waals surface area (Å²) in [5, 5.41) is 9.56. The Bertz CT molecular complexity index is 901. The zero-order valence-electron chi connectivity index (χ0n) is 13.2. The summed E-state index contributed by atoms with van der Waals surface area (Å²) in [7, 11) is 2.16. The lowest BCUT2D eigenvalue weighted by atomic mass is 10.1. The summed E-state index contributed by atoms with van der Waals surface area (Å²) in [6.07, 6.45) is 6.40. The molecule has 1 atom stereocenters. The van der Waals surface area contributed by atoms with E-state index in [0.29, 0.717) is 6.04 Å². The van der Waals surface area contributed by atoms with Gasteiger partial charge in [0.25, 0.3) is 0 Å². The van der Waals surface area contributed by atoms with Gasteiger partial charge in [0.15, 0.2) is 0 Å². The zero-order valence-corrected chi connectivity index (χ0v) is 13.2. The van der Waals surface area contributed by atoms with Crippen molar-refractivity contribution >= 4 is 5.52 Å². The maximum absolute atomic E-state index is 9.56. The molecule has 0 fully saturated rings. The number of pyridine rings is 1. The molecule has 2 aromatic heterocycles. The van der Waals surface area contributed by atoms with Gasteiger partial charge < -0.3 is 4.40 Å². The molecule has 0 saturated heterocycles. The summed E-state index contributed by atoms with van der Waals surface area (Å²) < 4.78 is 2.05. The summed E-state index contributed by atoms with van der Waals surface area (Å²) in [6.45, 7) is 0.795. The van der Waals surface area contributed by atoms with Gasteiger partial charge in [0, 0.05) is 30.5 Å². The van der Waals surface area contributed by atoms with E-state index in [-0.39, 0.29) is 0 Å². The van der Waals surface area contributed by atoms with Crippen LogP contribution in [-0.4, -0.2) is 16.3 Å². The first-order valence-corrected chi connectivity index (χ1v) is 8.04. The van der Waals surface area contributed by atoms with E-state index in [1.807, 2.05) is 28.8 Å². The van der Waals surface area contributed by atoms with Crippen molar-refractivity contribution in [3.8, 4) is 6.07 Å². The second-order valence-corrected chi connectivity index (χ2v) is 6.30. The van der Waals surface area contributed by atoms with Crippen LogP contribution in [0.5, 0.6) is 0 Å².